The first-order valence-electron chi connectivity index (χ1n) is 7.59. The highest BCUT2D eigenvalue weighted by molar-refractivity contribution is 5.72. The molecular formula is C18H19NO4. The van der Waals surface area contributed by atoms with Crippen molar-refractivity contribution in [1.82, 2.24) is 4.90 Å². The molecule has 1 atom stereocenters. The molecule has 1 aliphatic heterocycles. The summed E-state index contributed by atoms with van der Waals surface area (Å²) in [5, 5.41) is 9.06. The Morgan fingerprint density at radius 3 is 2.74 bits per heavy atom. The Morgan fingerprint density at radius 1 is 1.17 bits per heavy atom. The Kier molecular flexibility index (Phi) is 4.90. The van der Waals surface area contributed by atoms with Crippen molar-refractivity contribution in [2.75, 3.05) is 19.7 Å². The molecule has 1 saturated heterocycles. The topological polar surface area (TPSA) is 59.0 Å². The van der Waals surface area contributed by atoms with Crippen LogP contribution in [-0.2, 0) is 16.1 Å². The summed E-state index contributed by atoms with van der Waals surface area (Å²) in [5.74, 6) is 0.662. The second-order valence-corrected chi connectivity index (χ2v) is 5.50. The Morgan fingerprint density at radius 2 is 1.96 bits per heavy atom. The van der Waals surface area contributed by atoms with E-state index in [0.29, 0.717) is 19.7 Å². The lowest BCUT2D eigenvalue weighted by Crippen LogP contribution is -2.45. The van der Waals surface area contributed by atoms with Crippen molar-refractivity contribution < 1.29 is 19.4 Å². The molecule has 3 rings (SSSR count). The number of carbonyl (C=O) groups is 1. The molecule has 0 aliphatic carbocycles. The van der Waals surface area contributed by atoms with Crippen molar-refractivity contribution in [3.8, 4) is 11.5 Å². The number of carboxylic acids is 1. The highest BCUT2D eigenvalue weighted by Gasteiger charge is 2.26. The number of aliphatic carboxylic acids is 1. The lowest BCUT2D eigenvalue weighted by Gasteiger charge is -2.30. The van der Waals surface area contributed by atoms with E-state index in [1.807, 2.05) is 54.6 Å². The summed E-state index contributed by atoms with van der Waals surface area (Å²) >= 11 is 0. The number of hydrogen-bond acceptors (Lipinski definition) is 4. The molecule has 1 heterocycles. The zero-order valence-electron chi connectivity index (χ0n) is 12.7. The van der Waals surface area contributed by atoms with Crippen molar-refractivity contribution in [2.24, 2.45) is 0 Å². The molecule has 0 amide bonds. The van der Waals surface area contributed by atoms with Crippen LogP contribution in [0.5, 0.6) is 11.5 Å². The van der Waals surface area contributed by atoms with Crippen LogP contribution in [0.2, 0.25) is 0 Å². The zero-order valence-corrected chi connectivity index (χ0v) is 12.7. The Hall–Kier alpha value is -2.37. The van der Waals surface area contributed by atoms with Crippen LogP contribution in [-0.4, -0.2) is 41.8 Å². The number of rotatable bonds is 5. The lowest BCUT2D eigenvalue weighted by atomic mass is 10.1. The molecular weight excluding hydrogens is 294 g/mol. The Balaban J connectivity index is 1.64. The summed E-state index contributed by atoms with van der Waals surface area (Å²) in [6.07, 6.45) is -0.743. The predicted molar refractivity (Wildman–Crippen MR) is 85.6 cm³/mol. The summed E-state index contributed by atoms with van der Waals surface area (Å²) in [7, 11) is 0. The van der Waals surface area contributed by atoms with E-state index >= 15 is 0 Å². The van der Waals surface area contributed by atoms with E-state index in [9.17, 15) is 4.79 Å². The minimum Gasteiger partial charge on any atom is -0.479 e. The Labute approximate surface area is 135 Å². The molecule has 23 heavy (non-hydrogen) atoms. The van der Waals surface area contributed by atoms with Gasteiger partial charge in [-0.1, -0.05) is 30.3 Å². The van der Waals surface area contributed by atoms with Crippen molar-refractivity contribution in [1.29, 1.82) is 0 Å². The van der Waals surface area contributed by atoms with Crippen LogP contribution < -0.4 is 4.74 Å². The highest BCUT2D eigenvalue weighted by Crippen LogP contribution is 2.22. The molecule has 5 nitrogen and oxygen atoms in total. The minimum absolute atomic E-state index is 0.402. The van der Waals surface area contributed by atoms with E-state index in [2.05, 4.69) is 4.90 Å². The van der Waals surface area contributed by atoms with Crippen molar-refractivity contribution in [3.63, 3.8) is 0 Å². The fraction of sp³-hybridized carbons (Fsp3) is 0.278. The largest absolute Gasteiger partial charge is 0.479 e. The number of ether oxygens (including phenoxy) is 2. The van der Waals surface area contributed by atoms with Gasteiger partial charge in [-0.05, 0) is 29.8 Å². The molecule has 1 aliphatic rings. The summed E-state index contributed by atoms with van der Waals surface area (Å²) in [5.41, 5.74) is 1.09. The maximum atomic E-state index is 11.0. The standard InChI is InChI=1S/C18H19NO4/c20-18(21)17-13-19(9-10-22-17)12-14-5-4-8-16(11-14)23-15-6-2-1-3-7-15/h1-8,11,17H,9-10,12-13H2,(H,20,21)/t17-/m0/s1. The van der Waals surface area contributed by atoms with Gasteiger partial charge in [-0.25, -0.2) is 4.79 Å². The first kappa shape index (κ1) is 15.5. The van der Waals surface area contributed by atoms with Gasteiger partial charge in [0.2, 0.25) is 0 Å². The van der Waals surface area contributed by atoms with Crippen LogP contribution in [0.25, 0.3) is 0 Å². The summed E-state index contributed by atoms with van der Waals surface area (Å²) in [4.78, 5) is 13.1. The van der Waals surface area contributed by atoms with Crippen LogP contribution in [0, 0.1) is 0 Å². The smallest absolute Gasteiger partial charge is 0.334 e. The molecule has 0 radical (unpaired) electrons. The zero-order chi connectivity index (χ0) is 16.1. The molecule has 2 aromatic rings. The number of morpholine rings is 1. The quantitative estimate of drug-likeness (QED) is 0.920. The van der Waals surface area contributed by atoms with Crippen molar-refractivity contribution >= 4 is 5.97 Å². The minimum atomic E-state index is -0.907. The maximum absolute atomic E-state index is 11.0. The van der Waals surface area contributed by atoms with E-state index in [-0.39, 0.29) is 0 Å². The normalized spacial score (nSPS) is 18.5. The predicted octanol–water partition coefficient (Wildman–Crippen LogP) is 2.76. The molecule has 1 fully saturated rings. The highest BCUT2D eigenvalue weighted by atomic mass is 16.5. The molecule has 0 spiro atoms. The number of carboxylic acid groups (broad SMARTS) is 1. The molecule has 0 unspecified atom stereocenters. The maximum Gasteiger partial charge on any atom is 0.334 e. The fourth-order valence-corrected chi connectivity index (χ4v) is 2.59. The summed E-state index contributed by atoms with van der Waals surface area (Å²) < 4.78 is 11.1. The van der Waals surface area contributed by atoms with Gasteiger partial charge in [-0.2, -0.15) is 0 Å². The third-order valence-electron chi connectivity index (χ3n) is 3.71. The summed E-state index contributed by atoms with van der Waals surface area (Å²) in [6, 6.07) is 17.5. The second kappa shape index (κ2) is 7.26. The van der Waals surface area contributed by atoms with E-state index < -0.39 is 12.1 Å². The first-order chi connectivity index (χ1) is 11.2. The molecule has 0 saturated carbocycles. The molecule has 120 valence electrons. The van der Waals surface area contributed by atoms with Crippen LogP contribution >= 0.6 is 0 Å². The van der Waals surface area contributed by atoms with E-state index in [1.165, 1.54) is 0 Å². The van der Waals surface area contributed by atoms with E-state index in [0.717, 1.165) is 23.6 Å². The van der Waals surface area contributed by atoms with Crippen LogP contribution in [0.4, 0.5) is 0 Å². The van der Waals surface area contributed by atoms with Gasteiger partial charge in [-0.3, -0.25) is 4.90 Å². The lowest BCUT2D eigenvalue weighted by molar-refractivity contribution is -0.156. The van der Waals surface area contributed by atoms with Gasteiger partial charge in [0.25, 0.3) is 0 Å². The number of nitrogens with zero attached hydrogens (tertiary/aromatic N) is 1. The summed E-state index contributed by atoms with van der Waals surface area (Å²) in [6.45, 7) is 2.25. The van der Waals surface area contributed by atoms with Gasteiger partial charge >= 0.3 is 5.97 Å². The third-order valence-corrected chi connectivity index (χ3v) is 3.71. The van der Waals surface area contributed by atoms with Crippen molar-refractivity contribution in [2.45, 2.75) is 12.6 Å². The molecule has 0 aromatic heterocycles. The van der Waals surface area contributed by atoms with Gasteiger partial charge in [0.15, 0.2) is 6.10 Å². The SMILES string of the molecule is O=C(O)[C@@H]1CN(Cc2cccc(Oc3ccccc3)c2)CCO1. The molecule has 1 N–H and O–H groups in total. The molecule has 5 heteroatoms. The van der Waals surface area contributed by atoms with E-state index in [4.69, 9.17) is 14.6 Å². The second-order valence-electron chi connectivity index (χ2n) is 5.50. The van der Waals surface area contributed by atoms with Gasteiger partial charge in [0.05, 0.1) is 6.61 Å². The van der Waals surface area contributed by atoms with Crippen LogP contribution in [0.3, 0.4) is 0 Å². The van der Waals surface area contributed by atoms with Gasteiger partial charge in [0.1, 0.15) is 11.5 Å². The monoisotopic (exact) mass is 313 g/mol. The van der Waals surface area contributed by atoms with Crippen molar-refractivity contribution in [3.05, 3.63) is 60.2 Å². The number of benzene rings is 2. The molecule has 0 bridgehead atoms. The average Bonchev–Trinajstić information content (AvgIpc) is 2.56. The average molecular weight is 313 g/mol. The van der Waals surface area contributed by atoms with Gasteiger partial charge in [0, 0.05) is 19.6 Å². The van der Waals surface area contributed by atoms with Gasteiger partial charge < -0.3 is 14.6 Å². The first-order valence-corrected chi connectivity index (χ1v) is 7.59. The number of para-hydroxylation sites is 1. The van der Waals surface area contributed by atoms with E-state index in [1.54, 1.807) is 0 Å². The van der Waals surface area contributed by atoms with Crippen LogP contribution in [0.15, 0.2) is 54.6 Å². The van der Waals surface area contributed by atoms with Gasteiger partial charge in [-0.15, -0.1) is 0 Å². The number of hydrogen-bond donors (Lipinski definition) is 1. The Bertz CT molecular complexity index is 659. The third kappa shape index (κ3) is 4.31. The van der Waals surface area contributed by atoms with Crippen LogP contribution in [0.1, 0.15) is 5.56 Å². The fourth-order valence-electron chi connectivity index (χ4n) is 2.59. The molecule has 2 aromatic carbocycles.